The number of aliphatic hydroxyl groups excluding tert-OH is 1. The maximum Gasteiger partial charge on any atom is 0.333 e. The molecule has 0 unspecified atom stereocenters. The lowest BCUT2D eigenvalue weighted by molar-refractivity contribution is -0.170. The number of carbonyl (C=O) groups excluding carboxylic acids is 4. The van der Waals surface area contributed by atoms with E-state index in [0.717, 1.165) is 32.1 Å². The first kappa shape index (κ1) is 31.3. The van der Waals surface area contributed by atoms with Crippen LogP contribution in [0.4, 0.5) is 0 Å². The molecule has 0 radical (unpaired) electrons. The number of rotatable bonds is 10. The Labute approximate surface area is 241 Å². The summed E-state index contributed by atoms with van der Waals surface area (Å²) in [5.74, 6) is -1.97. The zero-order valence-electron chi connectivity index (χ0n) is 24.7. The van der Waals surface area contributed by atoms with Crippen LogP contribution >= 0.6 is 0 Å². The molecular formula is C31H45NO9. The van der Waals surface area contributed by atoms with Crippen LogP contribution in [-0.4, -0.2) is 69.6 Å². The molecule has 0 bridgehead atoms. The largest absolute Gasteiger partial charge is 0.479 e. The minimum atomic E-state index is -1.66. The highest BCUT2D eigenvalue weighted by molar-refractivity contribution is 5.92. The molecule has 228 valence electrons. The predicted octanol–water partition coefficient (Wildman–Crippen LogP) is 2.73. The highest BCUT2D eigenvalue weighted by Crippen LogP contribution is 2.67. The van der Waals surface area contributed by atoms with Crippen LogP contribution in [0.25, 0.3) is 0 Å². The van der Waals surface area contributed by atoms with E-state index in [4.69, 9.17) is 9.84 Å². The van der Waals surface area contributed by atoms with Gasteiger partial charge in [-0.25, -0.2) is 4.79 Å². The monoisotopic (exact) mass is 575 g/mol. The van der Waals surface area contributed by atoms with E-state index >= 15 is 0 Å². The number of nitrogens with one attached hydrogen (secondary N) is 1. The van der Waals surface area contributed by atoms with Gasteiger partial charge in [-0.2, -0.15) is 0 Å². The molecule has 0 spiro atoms. The smallest absolute Gasteiger partial charge is 0.333 e. The molecule has 0 aliphatic heterocycles. The Bertz CT molecular complexity index is 1140. The number of Topliss-reactive ketones (excluding diaryl/α,β-unsaturated/α-hetero) is 1. The van der Waals surface area contributed by atoms with Crippen molar-refractivity contribution in [2.24, 2.45) is 34.0 Å². The topological polar surface area (TPSA) is 167 Å². The van der Waals surface area contributed by atoms with Crippen molar-refractivity contribution in [3.05, 3.63) is 11.6 Å². The molecule has 1 amide bonds. The number of carbonyl (C=O) groups is 5. The summed E-state index contributed by atoms with van der Waals surface area (Å²) in [6.07, 6.45) is 5.60. The molecule has 10 heteroatoms. The molecule has 10 nitrogen and oxygen atoms in total. The van der Waals surface area contributed by atoms with Crippen LogP contribution in [0.2, 0.25) is 0 Å². The summed E-state index contributed by atoms with van der Waals surface area (Å²) in [6, 6.07) is 0. The Morgan fingerprint density at radius 1 is 1.05 bits per heavy atom. The van der Waals surface area contributed by atoms with E-state index < -0.39 is 52.8 Å². The number of aliphatic hydroxyl groups is 2. The van der Waals surface area contributed by atoms with E-state index in [1.807, 2.05) is 13.0 Å². The van der Waals surface area contributed by atoms with Gasteiger partial charge in [-0.05, 0) is 74.2 Å². The second-order valence-corrected chi connectivity index (χ2v) is 13.9. The van der Waals surface area contributed by atoms with Crippen molar-refractivity contribution in [3.63, 3.8) is 0 Å². The summed E-state index contributed by atoms with van der Waals surface area (Å²) >= 11 is 0. The average molecular weight is 576 g/mol. The van der Waals surface area contributed by atoms with Gasteiger partial charge in [0, 0.05) is 30.2 Å². The fourth-order valence-electron chi connectivity index (χ4n) is 8.43. The molecule has 4 N–H and O–H groups in total. The van der Waals surface area contributed by atoms with E-state index in [9.17, 15) is 34.2 Å². The predicted molar refractivity (Wildman–Crippen MR) is 147 cm³/mol. The first-order valence-electron chi connectivity index (χ1n) is 14.9. The number of allylic oxidation sites excluding steroid dienone is 1. The second kappa shape index (κ2) is 11.2. The van der Waals surface area contributed by atoms with Crippen molar-refractivity contribution in [1.29, 1.82) is 0 Å². The Hall–Kier alpha value is -2.59. The number of fused-ring (bicyclic) bond motifs is 5. The quantitative estimate of drug-likeness (QED) is 0.286. The van der Waals surface area contributed by atoms with E-state index in [1.165, 1.54) is 19.4 Å². The summed E-state index contributed by atoms with van der Waals surface area (Å²) in [5.41, 5.74) is -2.05. The van der Waals surface area contributed by atoms with Crippen LogP contribution in [0, 0.1) is 34.0 Å². The number of amides is 1. The Morgan fingerprint density at radius 3 is 2.41 bits per heavy atom. The summed E-state index contributed by atoms with van der Waals surface area (Å²) in [5, 5.41) is 33.0. The van der Waals surface area contributed by atoms with Gasteiger partial charge in [0.25, 0.3) is 0 Å². The van der Waals surface area contributed by atoms with Crippen LogP contribution in [0.3, 0.4) is 0 Å². The lowest BCUT2D eigenvalue weighted by Crippen LogP contribution is -2.58. The third-order valence-electron chi connectivity index (χ3n) is 11.2. The third kappa shape index (κ3) is 5.61. The molecule has 3 saturated carbocycles. The number of aliphatic carboxylic acids is 1. The number of esters is 1. The zero-order valence-corrected chi connectivity index (χ0v) is 24.7. The Balaban J connectivity index is 1.30. The number of hydrogen-bond donors (Lipinski definition) is 4. The summed E-state index contributed by atoms with van der Waals surface area (Å²) in [6.45, 7) is 6.63. The second-order valence-electron chi connectivity index (χ2n) is 13.9. The van der Waals surface area contributed by atoms with Crippen molar-refractivity contribution < 1.29 is 44.0 Å². The lowest BCUT2D eigenvalue weighted by atomic mass is 9.46. The number of ketones is 2. The lowest BCUT2D eigenvalue weighted by Gasteiger charge is -2.58. The van der Waals surface area contributed by atoms with Gasteiger partial charge in [-0.3, -0.25) is 19.2 Å². The zero-order chi connectivity index (χ0) is 30.4. The first-order valence-corrected chi connectivity index (χ1v) is 14.9. The minimum absolute atomic E-state index is 0.00347. The molecular weight excluding hydrogens is 530 g/mol. The maximum absolute atomic E-state index is 13.4. The maximum atomic E-state index is 13.4. The average Bonchev–Trinajstić information content (AvgIpc) is 3.20. The normalized spacial score (nSPS) is 35.3. The highest BCUT2D eigenvalue weighted by atomic mass is 16.5. The van der Waals surface area contributed by atoms with Crippen molar-refractivity contribution >= 4 is 29.4 Å². The van der Waals surface area contributed by atoms with Crippen LogP contribution in [0.15, 0.2) is 11.6 Å². The van der Waals surface area contributed by atoms with Crippen molar-refractivity contribution in [3.8, 4) is 0 Å². The van der Waals surface area contributed by atoms with Gasteiger partial charge in [0.2, 0.25) is 11.7 Å². The summed E-state index contributed by atoms with van der Waals surface area (Å²) in [4.78, 5) is 60.9. The van der Waals surface area contributed by atoms with Gasteiger partial charge in [-0.15, -0.1) is 0 Å². The van der Waals surface area contributed by atoms with Crippen molar-refractivity contribution in [1.82, 2.24) is 5.32 Å². The van der Waals surface area contributed by atoms with Gasteiger partial charge >= 0.3 is 11.9 Å². The van der Waals surface area contributed by atoms with Crippen LogP contribution in [-0.2, 0) is 28.7 Å². The number of carboxylic acids is 1. The molecule has 4 aliphatic carbocycles. The van der Waals surface area contributed by atoms with E-state index in [2.05, 4.69) is 12.2 Å². The van der Waals surface area contributed by atoms with E-state index in [0.29, 0.717) is 31.1 Å². The molecule has 0 aromatic heterocycles. The highest BCUT2D eigenvalue weighted by Gasteiger charge is 2.66. The first-order chi connectivity index (χ1) is 19.0. The third-order valence-corrected chi connectivity index (χ3v) is 11.2. The molecule has 0 heterocycles. The van der Waals surface area contributed by atoms with Gasteiger partial charge in [0.05, 0.1) is 6.42 Å². The van der Waals surface area contributed by atoms with E-state index in [1.54, 1.807) is 0 Å². The standard InChI is InChI=1S/C31H45NO9/c1-28(2,26(37)27(38)39)17-32-24(35)7-8-25(36)41-16-23(34)31(40)14-11-22-20-6-5-18-15-19(33)9-12-29(18,3)21(20)10-13-30(22,31)4/h15,20-22,26,37,40H,5-14,16-17H2,1-4H3,(H,32,35)(H,38,39)/t20-,21+,22+,26-,29+,30+,31+/m1/s1. The van der Waals surface area contributed by atoms with Crippen LogP contribution in [0.5, 0.6) is 0 Å². The van der Waals surface area contributed by atoms with Gasteiger partial charge < -0.3 is 25.4 Å². The fraction of sp³-hybridized carbons (Fsp3) is 0.774. The van der Waals surface area contributed by atoms with Gasteiger partial charge in [-0.1, -0.05) is 33.3 Å². The molecule has 41 heavy (non-hydrogen) atoms. The molecule has 3 fully saturated rings. The van der Waals surface area contributed by atoms with Crippen LogP contribution < -0.4 is 5.32 Å². The van der Waals surface area contributed by atoms with Gasteiger partial charge in [0.1, 0.15) is 5.60 Å². The molecule has 4 aliphatic rings. The van der Waals surface area contributed by atoms with E-state index in [-0.39, 0.29) is 36.5 Å². The fourth-order valence-corrected chi connectivity index (χ4v) is 8.43. The SMILES string of the molecule is CC(C)(CNC(=O)CCC(=O)OCC(=O)[C@@]1(O)CC[C@H]2[C@@H]3CCC4=CC(=O)CC[C@]4(C)[C@H]3CC[C@@]21C)[C@H](O)C(=O)O. The Morgan fingerprint density at radius 2 is 1.73 bits per heavy atom. The number of carboxylic acid groups (broad SMARTS) is 1. The van der Waals surface area contributed by atoms with Crippen molar-refractivity contribution in [2.45, 2.75) is 104 Å². The summed E-state index contributed by atoms with van der Waals surface area (Å²) < 4.78 is 5.19. The van der Waals surface area contributed by atoms with Gasteiger partial charge in [0.15, 0.2) is 18.5 Å². The molecule has 0 aromatic carbocycles. The Kier molecular flexibility index (Phi) is 8.60. The van der Waals surface area contributed by atoms with Crippen molar-refractivity contribution in [2.75, 3.05) is 13.2 Å². The molecule has 0 saturated heterocycles. The number of ether oxygens (including phenoxy) is 1. The van der Waals surface area contributed by atoms with Crippen LogP contribution in [0.1, 0.15) is 91.9 Å². The molecule has 0 aromatic rings. The molecule has 7 atom stereocenters. The summed E-state index contributed by atoms with van der Waals surface area (Å²) in [7, 11) is 0. The number of hydrogen-bond acceptors (Lipinski definition) is 8. The molecule has 4 rings (SSSR count). The minimum Gasteiger partial charge on any atom is -0.479 e.